The van der Waals surface area contributed by atoms with Gasteiger partial charge in [0.05, 0.1) is 0 Å². The van der Waals surface area contributed by atoms with Crippen LogP contribution in [0.3, 0.4) is 0 Å². The van der Waals surface area contributed by atoms with E-state index in [-0.39, 0.29) is 0 Å². The van der Waals surface area contributed by atoms with E-state index in [2.05, 4.69) is 285 Å². The van der Waals surface area contributed by atoms with Crippen LogP contribution in [-0.4, -0.2) is 15.0 Å². The molecule has 0 saturated carbocycles. The second kappa shape index (κ2) is 19.8. The van der Waals surface area contributed by atoms with Gasteiger partial charge in [-0.2, -0.15) is 0 Å². The number of rotatable bonds is 11. The van der Waals surface area contributed by atoms with Gasteiger partial charge in [-0.1, -0.05) is 224 Å². The lowest BCUT2D eigenvalue weighted by atomic mass is 9.93. The highest BCUT2D eigenvalue weighted by atomic mass is 15.0. The Kier molecular flexibility index (Phi) is 12.0. The SMILES string of the molecule is c1ccc(-c2ccc(-c3cc(-c4cccc(-c5ccccc5)c4)cc(-c4nc(-c5cc(-c6ccccc6)cc(-c6ccccc6)c5)nc(-c5cc(-c6ccccc6)cc(-c6ccccc6)c5)n4)c3)cc2)cc1. The third-order valence-electron chi connectivity index (χ3n) is 13.3. The van der Waals surface area contributed by atoms with Gasteiger partial charge in [0, 0.05) is 16.7 Å². The topological polar surface area (TPSA) is 38.7 Å². The molecule has 0 aliphatic carbocycles. The smallest absolute Gasteiger partial charge is 0.164 e. The van der Waals surface area contributed by atoms with Crippen LogP contribution in [0.5, 0.6) is 0 Å². The maximum atomic E-state index is 5.50. The van der Waals surface area contributed by atoms with E-state index in [9.17, 15) is 0 Å². The molecule has 72 heavy (non-hydrogen) atoms. The number of aromatic nitrogens is 3. The molecule has 3 heteroatoms. The van der Waals surface area contributed by atoms with E-state index in [1.807, 2.05) is 0 Å². The lowest BCUT2D eigenvalue weighted by Crippen LogP contribution is -2.01. The maximum absolute atomic E-state index is 5.50. The fourth-order valence-electron chi connectivity index (χ4n) is 9.55. The Labute approximate surface area is 421 Å². The third kappa shape index (κ3) is 9.43. The second-order valence-electron chi connectivity index (χ2n) is 18.1. The second-order valence-corrected chi connectivity index (χ2v) is 18.1. The molecule has 0 unspecified atom stereocenters. The number of hydrogen-bond donors (Lipinski definition) is 0. The molecule has 0 fully saturated rings. The normalized spacial score (nSPS) is 11.1. The van der Waals surface area contributed by atoms with Crippen LogP contribution >= 0.6 is 0 Å². The van der Waals surface area contributed by atoms with E-state index in [0.29, 0.717) is 17.5 Å². The monoisotopic (exact) mass is 917 g/mol. The highest BCUT2D eigenvalue weighted by molar-refractivity contribution is 5.86. The molecule has 3 nitrogen and oxygen atoms in total. The molecule has 11 aromatic carbocycles. The van der Waals surface area contributed by atoms with Crippen molar-refractivity contribution < 1.29 is 0 Å². The summed E-state index contributed by atoms with van der Waals surface area (Å²) in [5, 5.41) is 0. The summed E-state index contributed by atoms with van der Waals surface area (Å²) in [7, 11) is 0. The van der Waals surface area contributed by atoms with Gasteiger partial charge in [0.1, 0.15) is 0 Å². The van der Waals surface area contributed by atoms with E-state index >= 15 is 0 Å². The van der Waals surface area contributed by atoms with E-state index in [0.717, 1.165) is 89.0 Å². The van der Waals surface area contributed by atoms with E-state index in [4.69, 9.17) is 15.0 Å². The standard InChI is InChI=1S/C69H47N3/c1-7-20-48(21-8-1)54-34-36-55(37-35-54)62-41-63(57-33-19-32-56(38-57)49-22-9-2-10-23-49)47-66(46-62)69-71-67(64-42-58(50-24-11-3-12-25-50)39-59(43-64)51-26-13-4-14-27-51)70-68(72-69)65-44-60(52-28-15-5-16-29-52)40-61(45-65)53-30-17-6-18-31-53/h1-47H. The van der Waals surface area contributed by atoms with Gasteiger partial charge in [-0.15, -0.1) is 0 Å². The Morgan fingerprint density at radius 2 is 0.292 bits per heavy atom. The van der Waals surface area contributed by atoms with Gasteiger partial charge in [-0.3, -0.25) is 0 Å². The summed E-state index contributed by atoms with van der Waals surface area (Å²) in [4.78, 5) is 16.5. The maximum Gasteiger partial charge on any atom is 0.164 e. The molecule has 0 bridgehead atoms. The molecule has 0 aliphatic rings. The molecule has 0 aliphatic heterocycles. The van der Waals surface area contributed by atoms with Gasteiger partial charge in [0.2, 0.25) is 0 Å². The van der Waals surface area contributed by atoms with Crippen LogP contribution in [0, 0.1) is 0 Å². The first-order valence-corrected chi connectivity index (χ1v) is 24.4. The number of benzene rings is 11. The molecule has 0 spiro atoms. The molecule has 0 saturated heterocycles. The molecule has 12 aromatic rings. The van der Waals surface area contributed by atoms with Crippen molar-refractivity contribution in [3.05, 3.63) is 285 Å². The van der Waals surface area contributed by atoms with Crippen LogP contribution in [0.25, 0.3) is 123 Å². The highest BCUT2D eigenvalue weighted by Gasteiger charge is 2.19. The molecular weight excluding hydrogens is 871 g/mol. The first-order chi connectivity index (χ1) is 35.6. The summed E-state index contributed by atoms with van der Waals surface area (Å²) < 4.78 is 0. The Morgan fingerprint density at radius 1 is 0.125 bits per heavy atom. The first kappa shape index (κ1) is 43.7. The predicted molar refractivity (Wildman–Crippen MR) is 300 cm³/mol. The average Bonchev–Trinajstić information content (AvgIpc) is 3.48. The van der Waals surface area contributed by atoms with E-state index < -0.39 is 0 Å². The van der Waals surface area contributed by atoms with Crippen LogP contribution in [0.1, 0.15) is 0 Å². The largest absolute Gasteiger partial charge is 0.208 e. The lowest BCUT2D eigenvalue weighted by Gasteiger charge is -2.15. The van der Waals surface area contributed by atoms with Crippen LogP contribution in [0.4, 0.5) is 0 Å². The lowest BCUT2D eigenvalue weighted by molar-refractivity contribution is 1.07. The summed E-state index contributed by atoms with van der Waals surface area (Å²) in [6, 6.07) is 101. The van der Waals surface area contributed by atoms with Crippen molar-refractivity contribution in [2.45, 2.75) is 0 Å². The molecule has 1 aromatic heterocycles. The quantitative estimate of drug-likeness (QED) is 0.130. The van der Waals surface area contributed by atoms with Gasteiger partial charge < -0.3 is 0 Å². The first-order valence-electron chi connectivity index (χ1n) is 24.4. The molecule has 0 amide bonds. The van der Waals surface area contributed by atoms with Gasteiger partial charge in [-0.25, -0.2) is 15.0 Å². The number of nitrogens with zero attached hydrogens (tertiary/aromatic N) is 3. The Bertz CT molecular complexity index is 3540. The summed E-state index contributed by atoms with van der Waals surface area (Å²) in [6.45, 7) is 0. The summed E-state index contributed by atoms with van der Waals surface area (Å²) in [5.41, 5.74) is 20.4. The fourth-order valence-corrected chi connectivity index (χ4v) is 9.55. The fraction of sp³-hybridized carbons (Fsp3) is 0. The Morgan fingerprint density at radius 3 is 0.583 bits per heavy atom. The Balaban J connectivity index is 1.10. The van der Waals surface area contributed by atoms with E-state index in [1.165, 1.54) is 16.7 Å². The molecule has 0 atom stereocenters. The average molecular weight is 918 g/mol. The Hall–Kier alpha value is -9.57. The minimum atomic E-state index is 0.580. The zero-order valence-electron chi connectivity index (χ0n) is 39.5. The van der Waals surface area contributed by atoms with Crippen LogP contribution in [-0.2, 0) is 0 Å². The molecular formula is C69H47N3. The van der Waals surface area contributed by atoms with Gasteiger partial charge in [-0.05, 0) is 150 Å². The van der Waals surface area contributed by atoms with E-state index in [1.54, 1.807) is 0 Å². The van der Waals surface area contributed by atoms with Gasteiger partial charge >= 0.3 is 0 Å². The predicted octanol–water partition coefficient (Wildman–Crippen LogP) is 18.2. The minimum absolute atomic E-state index is 0.580. The van der Waals surface area contributed by atoms with Crippen LogP contribution in [0.2, 0.25) is 0 Å². The van der Waals surface area contributed by atoms with Gasteiger partial charge in [0.25, 0.3) is 0 Å². The zero-order chi connectivity index (χ0) is 48.1. The molecule has 0 N–H and O–H groups in total. The molecule has 12 rings (SSSR count). The van der Waals surface area contributed by atoms with Crippen molar-refractivity contribution >= 4 is 0 Å². The summed E-state index contributed by atoms with van der Waals surface area (Å²) in [5.74, 6) is 1.75. The zero-order valence-corrected chi connectivity index (χ0v) is 39.5. The molecule has 1 heterocycles. The minimum Gasteiger partial charge on any atom is -0.208 e. The summed E-state index contributed by atoms with van der Waals surface area (Å²) in [6.07, 6.45) is 0. The van der Waals surface area contributed by atoms with Crippen molar-refractivity contribution in [1.82, 2.24) is 15.0 Å². The third-order valence-corrected chi connectivity index (χ3v) is 13.3. The molecule has 338 valence electrons. The van der Waals surface area contributed by atoms with Crippen LogP contribution < -0.4 is 0 Å². The van der Waals surface area contributed by atoms with Crippen molar-refractivity contribution in [2.75, 3.05) is 0 Å². The van der Waals surface area contributed by atoms with Crippen molar-refractivity contribution in [2.24, 2.45) is 0 Å². The van der Waals surface area contributed by atoms with Crippen LogP contribution in [0.15, 0.2) is 285 Å². The van der Waals surface area contributed by atoms with Crippen molar-refractivity contribution in [1.29, 1.82) is 0 Å². The van der Waals surface area contributed by atoms with Gasteiger partial charge in [0.15, 0.2) is 17.5 Å². The molecule has 0 radical (unpaired) electrons. The van der Waals surface area contributed by atoms with Crippen molar-refractivity contribution in [3.8, 4) is 123 Å². The summed E-state index contributed by atoms with van der Waals surface area (Å²) >= 11 is 0. The highest BCUT2D eigenvalue weighted by Crippen LogP contribution is 2.39. The van der Waals surface area contributed by atoms with Crippen molar-refractivity contribution in [3.63, 3.8) is 0 Å². The number of hydrogen-bond acceptors (Lipinski definition) is 3.